The molecule has 0 spiro atoms. The molecule has 0 aliphatic carbocycles. The van der Waals surface area contributed by atoms with Crippen molar-refractivity contribution in [3.63, 3.8) is 0 Å². The largest absolute Gasteiger partial charge is 0.396 e. The van der Waals surface area contributed by atoms with Crippen molar-refractivity contribution < 1.29 is 9.90 Å². The van der Waals surface area contributed by atoms with Crippen LogP contribution in [0.15, 0.2) is 36.7 Å². The maximum Gasteiger partial charge on any atom is 0.315 e. The summed E-state index contributed by atoms with van der Waals surface area (Å²) in [7, 11) is 0. The lowest BCUT2D eigenvalue weighted by atomic mass is 10.1. The van der Waals surface area contributed by atoms with Gasteiger partial charge >= 0.3 is 6.03 Å². The molecular weight excluding hydrogens is 304 g/mol. The van der Waals surface area contributed by atoms with E-state index in [1.807, 2.05) is 32.2 Å². The summed E-state index contributed by atoms with van der Waals surface area (Å²) in [6.45, 7) is 5.31. The average molecular weight is 330 g/mol. The summed E-state index contributed by atoms with van der Waals surface area (Å²) in [5.41, 5.74) is 2.23. The Morgan fingerprint density at radius 3 is 2.88 bits per heavy atom. The number of aliphatic hydroxyl groups is 1. The van der Waals surface area contributed by atoms with Gasteiger partial charge in [-0.15, -0.1) is 0 Å². The van der Waals surface area contributed by atoms with Gasteiger partial charge in [0.05, 0.1) is 0 Å². The second kappa shape index (κ2) is 9.08. The van der Waals surface area contributed by atoms with E-state index in [0.29, 0.717) is 13.0 Å². The first-order valence-electron chi connectivity index (χ1n) is 8.29. The van der Waals surface area contributed by atoms with Gasteiger partial charge in [-0.05, 0) is 37.8 Å². The van der Waals surface area contributed by atoms with Crippen molar-refractivity contribution in [2.24, 2.45) is 0 Å². The minimum atomic E-state index is -0.184. The molecule has 6 heteroatoms. The molecule has 6 nitrogen and oxygen atoms in total. The molecule has 0 radical (unpaired) electrons. The van der Waals surface area contributed by atoms with Crippen molar-refractivity contribution in [3.05, 3.63) is 53.6 Å². The lowest BCUT2D eigenvalue weighted by Crippen LogP contribution is -2.40. The van der Waals surface area contributed by atoms with E-state index in [2.05, 4.69) is 32.3 Å². The number of aliphatic hydroxyl groups excluding tert-OH is 1. The molecule has 2 rings (SSSR count). The number of urea groups is 1. The van der Waals surface area contributed by atoms with E-state index in [9.17, 15) is 4.79 Å². The molecule has 0 aliphatic heterocycles. The molecule has 24 heavy (non-hydrogen) atoms. The van der Waals surface area contributed by atoms with Crippen LogP contribution in [-0.4, -0.2) is 33.3 Å². The Kier molecular flexibility index (Phi) is 6.81. The molecule has 2 amide bonds. The fourth-order valence-corrected chi connectivity index (χ4v) is 2.53. The molecule has 0 bridgehead atoms. The molecule has 1 heterocycles. The quantitative estimate of drug-likeness (QED) is 0.694. The van der Waals surface area contributed by atoms with E-state index in [-0.39, 0.29) is 18.7 Å². The molecule has 1 aromatic carbocycles. The second-order valence-corrected chi connectivity index (χ2v) is 6.02. The minimum Gasteiger partial charge on any atom is -0.396 e. The number of benzene rings is 1. The van der Waals surface area contributed by atoms with Gasteiger partial charge in [-0.2, -0.15) is 0 Å². The van der Waals surface area contributed by atoms with Crippen LogP contribution in [0.2, 0.25) is 0 Å². The monoisotopic (exact) mass is 330 g/mol. The molecule has 0 fully saturated rings. The first kappa shape index (κ1) is 18.0. The van der Waals surface area contributed by atoms with E-state index in [1.165, 1.54) is 5.56 Å². The van der Waals surface area contributed by atoms with Crippen molar-refractivity contribution in [1.29, 1.82) is 0 Å². The van der Waals surface area contributed by atoms with Crippen LogP contribution >= 0.6 is 0 Å². The zero-order valence-electron chi connectivity index (χ0n) is 14.3. The predicted molar refractivity (Wildman–Crippen MR) is 93.7 cm³/mol. The molecule has 1 unspecified atom stereocenters. The summed E-state index contributed by atoms with van der Waals surface area (Å²) >= 11 is 0. The van der Waals surface area contributed by atoms with Gasteiger partial charge in [0.25, 0.3) is 0 Å². The summed E-state index contributed by atoms with van der Waals surface area (Å²) < 4.78 is 2.09. The fourth-order valence-electron chi connectivity index (χ4n) is 2.53. The van der Waals surface area contributed by atoms with E-state index in [1.54, 1.807) is 6.20 Å². The first-order valence-corrected chi connectivity index (χ1v) is 8.29. The lowest BCUT2D eigenvalue weighted by Gasteiger charge is -2.14. The van der Waals surface area contributed by atoms with Gasteiger partial charge in [-0.25, -0.2) is 9.78 Å². The SMILES string of the molecule is Cc1nccn1Cc1cccc(CNC(=O)NC(C)CCCO)c1. The van der Waals surface area contributed by atoms with E-state index in [0.717, 1.165) is 24.4 Å². The molecule has 1 atom stereocenters. The third-order valence-corrected chi connectivity index (χ3v) is 3.89. The number of rotatable bonds is 8. The smallest absolute Gasteiger partial charge is 0.315 e. The van der Waals surface area contributed by atoms with Crippen molar-refractivity contribution in [2.75, 3.05) is 6.61 Å². The number of aromatic nitrogens is 2. The number of carbonyl (C=O) groups is 1. The molecule has 1 aromatic heterocycles. The lowest BCUT2D eigenvalue weighted by molar-refractivity contribution is 0.234. The van der Waals surface area contributed by atoms with Crippen molar-refractivity contribution in [2.45, 2.75) is 45.8 Å². The zero-order valence-corrected chi connectivity index (χ0v) is 14.3. The normalized spacial score (nSPS) is 12.0. The molecule has 3 N–H and O–H groups in total. The molecule has 130 valence electrons. The summed E-state index contributed by atoms with van der Waals surface area (Å²) in [6.07, 6.45) is 5.21. The third-order valence-electron chi connectivity index (χ3n) is 3.89. The average Bonchev–Trinajstić information content (AvgIpc) is 2.96. The number of imidazole rings is 1. The molecule has 0 saturated carbocycles. The fraction of sp³-hybridized carbons (Fsp3) is 0.444. The second-order valence-electron chi connectivity index (χ2n) is 6.02. The van der Waals surface area contributed by atoms with Gasteiger partial charge in [-0.3, -0.25) is 0 Å². The number of nitrogens with one attached hydrogen (secondary N) is 2. The van der Waals surface area contributed by atoms with Crippen LogP contribution in [-0.2, 0) is 13.1 Å². The number of carbonyl (C=O) groups excluding carboxylic acids is 1. The highest BCUT2D eigenvalue weighted by molar-refractivity contribution is 5.74. The molecule has 2 aromatic rings. The Morgan fingerprint density at radius 2 is 2.17 bits per heavy atom. The molecule has 0 saturated heterocycles. The standard InChI is InChI=1S/C18H26N4O2/c1-14(5-4-10-23)21-18(24)20-12-16-6-3-7-17(11-16)13-22-9-8-19-15(22)2/h3,6-9,11,14,23H,4-5,10,12-13H2,1-2H3,(H2,20,21,24). The number of nitrogens with zero attached hydrogens (tertiary/aromatic N) is 2. The number of aryl methyl sites for hydroxylation is 1. The van der Waals surface area contributed by atoms with Crippen LogP contribution in [0.5, 0.6) is 0 Å². The van der Waals surface area contributed by atoms with E-state index in [4.69, 9.17) is 5.11 Å². The summed E-state index contributed by atoms with van der Waals surface area (Å²) in [5, 5.41) is 14.5. The van der Waals surface area contributed by atoms with Crippen LogP contribution < -0.4 is 10.6 Å². The van der Waals surface area contributed by atoms with Crippen LogP contribution in [0, 0.1) is 6.92 Å². The maximum absolute atomic E-state index is 11.9. The highest BCUT2D eigenvalue weighted by Crippen LogP contribution is 2.08. The summed E-state index contributed by atoms with van der Waals surface area (Å²) in [6, 6.07) is 8.03. The van der Waals surface area contributed by atoms with Gasteiger partial charge in [-0.1, -0.05) is 24.3 Å². The number of hydrogen-bond donors (Lipinski definition) is 3. The van der Waals surface area contributed by atoms with Gasteiger partial charge in [0.2, 0.25) is 0 Å². The third kappa shape index (κ3) is 5.70. The Hall–Kier alpha value is -2.34. The van der Waals surface area contributed by atoms with Crippen LogP contribution in [0.1, 0.15) is 36.7 Å². The Balaban J connectivity index is 1.83. The van der Waals surface area contributed by atoms with Gasteiger partial charge in [0.1, 0.15) is 5.82 Å². The van der Waals surface area contributed by atoms with Crippen LogP contribution in [0.4, 0.5) is 4.79 Å². The first-order chi connectivity index (χ1) is 11.6. The maximum atomic E-state index is 11.9. The predicted octanol–water partition coefficient (Wildman–Crippen LogP) is 2.20. The van der Waals surface area contributed by atoms with E-state index < -0.39 is 0 Å². The Morgan fingerprint density at radius 1 is 1.38 bits per heavy atom. The zero-order chi connectivity index (χ0) is 17.4. The Bertz CT molecular complexity index is 654. The molecule has 0 aliphatic rings. The molecular formula is C18H26N4O2. The van der Waals surface area contributed by atoms with Gasteiger partial charge in [0, 0.05) is 38.1 Å². The summed E-state index contributed by atoms with van der Waals surface area (Å²) in [5.74, 6) is 0.981. The topological polar surface area (TPSA) is 79.2 Å². The van der Waals surface area contributed by atoms with Crippen molar-refractivity contribution in [3.8, 4) is 0 Å². The van der Waals surface area contributed by atoms with Crippen LogP contribution in [0.25, 0.3) is 0 Å². The van der Waals surface area contributed by atoms with Crippen molar-refractivity contribution in [1.82, 2.24) is 20.2 Å². The minimum absolute atomic E-state index is 0.0488. The van der Waals surface area contributed by atoms with Crippen LogP contribution in [0.3, 0.4) is 0 Å². The van der Waals surface area contributed by atoms with Gasteiger partial charge in [0.15, 0.2) is 0 Å². The Labute approximate surface area is 142 Å². The highest BCUT2D eigenvalue weighted by atomic mass is 16.3. The number of amides is 2. The van der Waals surface area contributed by atoms with Crippen molar-refractivity contribution >= 4 is 6.03 Å². The summed E-state index contributed by atoms with van der Waals surface area (Å²) in [4.78, 5) is 16.1. The number of hydrogen-bond acceptors (Lipinski definition) is 3. The van der Waals surface area contributed by atoms with E-state index >= 15 is 0 Å². The van der Waals surface area contributed by atoms with Gasteiger partial charge < -0.3 is 20.3 Å². The highest BCUT2D eigenvalue weighted by Gasteiger charge is 2.07.